The molecule has 2 saturated heterocycles. The van der Waals surface area contributed by atoms with Crippen molar-refractivity contribution < 1.29 is 19.1 Å². The Balaban J connectivity index is 1.55. The monoisotopic (exact) mass is 317 g/mol. The molecule has 0 saturated carbocycles. The molecule has 0 spiro atoms. The Kier molecular flexibility index (Phi) is 3.48. The summed E-state index contributed by atoms with van der Waals surface area (Å²) in [6.07, 6.45) is 1.87. The molecular formula is C16H19N3O4. The van der Waals surface area contributed by atoms with Gasteiger partial charge in [0.25, 0.3) is 0 Å². The molecule has 2 N–H and O–H groups in total. The first-order valence-corrected chi connectivity index (χ1v) is 7.97. The summed E-state index contributed by atoms with van der Waals surface area (Å²) in [7, 11) is 0. The van der Waals surface area contributed by atoms with Crippen LogP contribution in [0.4, 0.5) is 4.79 Å². The Morgan fingerprint density at radius 1 is 1.22 bits per heavy atom. The Morgan fingerprint density at radius 2 is 2.04 bits per heavy atom. The Hall–Kier alpha value is -2.44. The summed E-state index contributed by atoms with van der Waals surface area (Å²) in [6.45, 7) is 2.17. The van der Waals surface area contributed by atoms with Crippen LogP contribution in [-0.2, 0) is 4.79 Å². The highest BCUT2D eigenvalue weighted by molar-refractivity contribution is 5.90. The van der Waals surface area contributed by atoms with Gasteiger partial charge in [0.05, 0.1) is 6.04 Å². The van der Waals surface area contributed by atoms with Gasteiger partial charge in [0, 0.05) is 13.1 Å². The van der Waals surface area contributed by atoms with Crippen LogP contribution in [0.1, 0.15) is 24.4 Å². The van der Waals surface area contributed by atoms with E-state index in [1.165, 1.54) is 0 Å². The second-order valence-corrected chi connectivity index (χ2v) is 6.00. The van der Waals surface area contributed by atoms with E-state index in [0.29, 0.717) is 26.3 Å². The van der Waals surface area contributed by atoms with Crippen molar-refractivity contribution in [3.8, 4) is 11.5 Å². The van der Waals surface area contributed by atoms with Crippen molar-refractivity contribution in [1.29, 1.82) is 0 Å². The van der Waals surface area contributed by atoms with Crippen molar-refractivity contribution in [2.75, 3.05) is 26.3 Å². The van der Waals surface area contributed by atoms with E-state index in [1.54, 1.807) is 0 Å². The van der Waals surface area contributed by atoms with Gasteiger partial charge >= 0.3 is 6.03 Å². The molecule has 1 aromatic rings. The molecule has 0 aliphatic carbocycles. The molecule has 3 aliphatic heterocycles. The zero-order valence-corrected chi connectivity index (χ0v) is 12.7. The third-order valence-electron chi connectivity index (χ3n) is 4.56. The summed E-state index contributed by atoms with van der Waals surface area (Å²) < 4.78 is 11.2. The molecule has 7 nitrogen and oxygen atoms in total. The average molecular weight is 317 g/mol. The topological polar surface area (TPSA) is 79.9 Å². The number of fused-ring (bicyclic) bond motifs is 1. The average Bonchev–Trinajstić information content (AvgIpc) is 3.23. The summed E-state index contributed by atoms with van der Waals surface area (Å²) in [5.41, 5.74) is 1.05. The van der Waals surface area contributed by atoms with Gasteiger partial charge in [0.15, 0.2) is 11.5 Å². The van der Waals surface area contributed by atoms with Crippen molar-refractivity contribution in [3.63, 3.8) is 0 Å². The highest BCUT2D eigenvalue weighted by atomic mass is 16.6. The predicted octanol–water partition coefficient (Wildman–Crippen LogP) is 0.803. The van der Waals surface area contributed by atoms with E-state index >= 15 is 0 Å². The molecule has 0 radical (unpaired) electrons. The highest BCUT2D eigenvalue weighted by Crippen LogP contribution is 2.38. The summed E-state index contributed by atoms with van der Waals surface area (Å²) in [5.74, 6) is 1.47. The number of urea groups is 1. The van der Waals surface area contributed by atoms with Gasteiger partial charge in [-0.25, -0.2) is 4.79 Å². The number of carbonyl (C=O) groups excluding carboxylic acids is 2. The quantitative estimate of drug-likeness (QED) is 0.846. The molecule has 2 fully saturated rings. The van der Waals surface area contributed by atoms with Gasteiger partial charge in [-0.1, -0.05) is 6.07 Å². The van der Waals surface area contributed by atoms with Crippen LogP contribution in [0, 0.1) is 0 Å². The first kappa shape index (κ1) is 14.2. The van der Waals surface area contributed by atoms with E-state index in [1.807, 2.05) is 23.1 Å². The van der Waals surface area contributed by atoms with E-state index in [9.17, 15) is 9.59 Å². The van der Waals surface area contributed by atoms with Crippen molar-refractivity contribution >= 4 is 11.9 Å². The number of nitrogens with one attached hydrogen (secondary N) is 2. The highest BCUT2D eigenvalue weighted by Gasteiger charge is 2.37. The van der Waals surface area contributed by atoms with E-state index in [0.717, 1.165) is 29.9 Å². The Morgan fingerprint density at radius 3 is 2.83 bits per heavy atom. The zero-order valence-electron chi connectivity index (χ0n) is 12.7. The number of amides is 3. The molecule has 0 aromatic heterocycles. The number of hydrogen-bond acceptors (Lipinski definition) is 4. The lowest BCUT2D eigenvalue weighted by molar-refractivity contribution is -0.133. The van der Waals surface area contributed by atoms with E-state index in [2.05, 4.69) is 10.6 Å². The molecule has 1 aromatic carbocycles. The van der Waals surface area contributed by atoms with Gasteiger partial charge in [-0.3, -0.25) is 4.79 Å². The van der Waals surface area contributed by atoms with Crippen molar-refractivity contribution in [1.82, 2.24) is 15.5 Å². The molecule has 4 rings (SSSR count). The number of nitrogens with zero attached hydrogens (tertiary/aromatic N) is 1. The number of ether oxygens (including phenoxy) is 2. The molecular weight excluding hydrogens is 298 g/mol. The van der Waals surface area contributed by atoms with Crippen LogP contribution < -0.4 is 20.1 Å². The van der Waals surface area contributed by atoms with Gasteiger partial charge in [0.2, 0.25) is 5.91 Å². The van der Waals surface area contributed by atoms with Gasteiger partial charge < -0.3 is 25.0 Å². The second-order valence-electron chi connectivity index (χ2n) is 6.00. The largest absolute Gasteiger partial charge is 0.486 e. The lowest BCUT2D eigenvalue weighted by Crippen LogP contribution is -2.45. The molecule has 0 unspecified atom stereocenters. The maximum Gasteiger partial charge on any atom is 0.315 e. The number of rotatable bonds is 2. The maximum atomic E-state index is 12.7. The van der Waals surface area contributed by atoms with Gasteiger partial charge in [-0.2, -0.15) is 0 Å². The normalized spacial score (nSPS) is 25.9. The number of hydrogen-bond donors (Lipinski definition) is 2. The summed E-state index contributed by atoms with van der Waals surface area (Å²) in [5, 5.41) is 5.30. The van der Waals surface area contributed by atoms with Crippen LogP contribution >= 0.6 is 0 Å². The molecule has 3 aliphatic rings. The standard InChI is InChI=1S/C16H19N3O4/c20-15(11-9-17-16(21)18-11)19-5-1-2-12(19)10-3-4-13-14(8-10)23-7-6-22-13/h3-4,8,11-12H,1-2,5-7,9H2,(H2,17,18,21)/t11-,12-/m0/s1. The van der Waals surface area contributed by atoms with Crippen LogP contribution in [0.15, 0.2) is 18.2 Å². The summed E-state index contributed by atoms with van der Waals surface area (Å²) in [4.78, 5) is 25.8. The van der Waals surface area contributed by atoms with Crippen LogP contribution in [0.5, 0.6) is 11.5 Å². The third kappa shape index (κ3) is 2.56. The smallest absolute Gasteiger partial charge is 0.315 e. The van der Waals surface area contributed by atoms with Crippen LogP contribution in [0.3, 0.4) is 0 Å². The van der Waals surface area contributed by atoms with Crippen LogP contribution in [-0.4, -0.2) is 49.2 Å². The van der Waals surface area contributed by atoms with Gasteiger partial charge in [0.1, 0.15) is 19.3 Å². The molecule has 2 atom stereocenters. The van der Waals surface area contributed by atoms with E-state index in [-0.39, 0.29) is 18.0 Å². The lowest BCUT2D eigenvalue weighted by Gasteiger charge is -2.28. The third-order valence-corrected chi connectivity index (χ3v) is 4.56. The molecule has 3 amide bonds. The first-order chi connectivity index (χ1) is 11.2. The fraction of sp³-hybridized carbons (Fsp3) is 0.500. The lowest BCUT2D eigenvalue weighted by atomic mass is 10.0. The van der Waals surface area contributed by atoms with E-state index < -0.39 is 6.04 Å². The molecule has 23 heavy (non-hydrogen) atoms. The number of likely N-dealkylation sites (tertiary alicyclic amines) is 1. The minimum atomic E-state index is -0.472. The Bertz CT molecular complexity index is 648. The summed E-state index contributed by atoms with van der Waals surface area (Å²) in [6, 6.07) is 5.14. The fourth-order valence-corrected chi connectivity index (χ4v) is 3.45. The first-order valence-electron chi connectivity index (χ1n) is 7.97. The zero-order chi connectivity index (χ0) is 15.8. The van der Waals surface area contributed by atoms with Crippen LogP contribution in [0.25, 0.3) is 0 Å². The second kappa shape index (κ2) is 5.64. The molecule has 0 bridgehead atoms. The molecule has 3 heterocycles. The predicted molar refractivity (Wildman–Crippen MR) is 81.4 cm³/mol. The van der Waals surface area contributed by atoms with Crippen molar-refractivity contribution in [2.24, 2.45) is 0 Å². The van der Waals surface area contributed by atoms with Crippen LogP contribution in [0.2, 0.25) is 0 Å². The summed E-state index contributed by atoms with van der Waals surface area (Å²) >= 11 is 0. The van der Waals surface area contributed by atoms with Crippen molar-refractivity contribution in [3.05, 3.63) is 23.8 Å². The fourth-order valence-electron chi connectivity index (χ4n) is 3.45. The molecule has 7 heteroatoms. The van der Waals surface area contributed by atoms with E-state index in [4.69, 9.17) is 9.47 Å². The Labute approximate surface area is 133 Å². The number of carbonyl (C=O) groups is 2. The minimum Gasteiger partial charge on any atom is -0.486 e. The van der Waals surface area contributed by atoms with Gasteiger partial charge in [-0.15, -0.1) is 0 Å². The maximum absolute atomic E-state index is 12.7. The minimum absolute atomic E-state index is 0.0239. The molecule has 122 valence electrons. The SMILES string of the molecule is O=C1NC[C@@H](C(=O)N2CCC[C@H]2c2ccc3c(c2)OCCO3)N1. The van der Waals surface area contributed by atoms with Gasteiger partial charge in [-0.05, 0) is 30.5 Å². The number of benzene rings is 1. The van der Waals surface area contributed by atoms with Crippen molar-refractivity contribution in [2.45, 2.75) is 24.9 Å².